The van der Waals surface area contributed by atoms with Gasteiger partial charge in [-0.15, -0.1) is 0 Å². The first-order chi connectivity index (χ1) is 20.9. The van der Waals surface area contributed by atoms with Gasteiger partial charge in [0.1, 0.15) is 11.4 Å². The molecule has 0 aliphatic carbocycles. The topological polar surface area (TPSA) is 147 Å². The minimum atomic E-state index is -0.926. The Morgan fingerprint density at radius 1 is 1.02 bits per heavy atom. The molecular weight excluding hydrogens is 548 g/mol. The number of carbonyl (C=O) groups excluding carboxylic acids is 1. The first-order valence-electron chi connectivity index (χ1n) is 13.9. The number of anilines is 2. The maximum absolute atomic E-state index is 12.8. The number of nitrogens with zero attached hydrogens (tertiary/aromatic N) is 6. The Morgan fingerprint density at radius 3 is 2.72 bits per heavy atom. The van der Waals surface area contributed by atoms with Gasteiger partial charge in [0.05, 0.1) is 17.6 Å². The summed E-state index contributed by atoms with van der Waals surface area (Å²) < 4.78 is 8.21. The van der Waals surface area contributed by atoms with E-state index in [2.05, 4.69) is 25.6 Å². The summed E-state index contributed by atoms with van der Waals surface area (Å²) in [5.74, 6) is 1.06. The van der Waals surface area contributed by atoms with Gasteiger partial charge in [-0.2, -0.15) is 0 Å². The van der Waals surface area contributed by atoms with Gasteiger partial charge in [0.25, 0.3) is 5.91 Å². The van der Waals surface area contributed by atoms with Crippen molar-refractivity contribution in [1.29, 1.82) is 0 Å². The van der Waals surface area contributed by atoms with Crippen molar-refractivity contribution in [2.45, 2.75) is 25.8 Å². The number of fused-ring (bicyclic) bond motifs is 1. The lowest BCUT2D eigenvalue weighted by Gasteiger charge is -2.31. The molecule has 12 nitrogen and oxygen atoms in total. The van der Waals surface area contributed by atoms with Crippen LogP contribution in [0.5, 0.6) is 11.6 Å². The number of amides is 2. The minimum Gasteiger partial charge on any atom is -0.465 e. The molecule has 218 valence electrons. The highest BCUT2D eigenvalue weighted by Crippen LogP contribution is 2.38. The number of carboxylic acid groups (broad SMARTS) is 1. The number of rotatable bonds is 7. The molecule has 6 rings (SSSR count). The van der Waals surface area contributed by atoms with E-state index < -0.39 is 6.09 Å². The number of benzene rings is 2. The van der Waals surface area contributed by atoms with Gasteiger partial charge in [-0.05, 0) is 49.6 Å². The summed E-state index contributed by atoms with van der Waals surface area (Å²) in [7, 11) is 1.81. The van der Waals surface area contributed by atoms with E-state index in [9.17, 15) is 14.7 Å². The predicted octanol–water partition coefficient (Wildman–Crippen LogP) is 5.33. The van der Waals surface area contributed by atoms with Crippen LogP contribution in [0.1, 0.15) is 28.9 Å². The van der Waals surface area contributed by atoms with E-state index >= 15 is 0 Å². The van der Waals surface area contributed by atoms with Gasteiger partial charge in [-0.25, -0.2) is 24.7 Å². The van der Waals surface area contributed by atoms with Gasteiger partial charge >= 0.3 is 6.09 Å². The van der Waals surface area contributed by atoms with Crippen molar-refractivity contribution < 1.29 is 19.4 Å². The van der Waals surface area contributed by atoms with Crippen molar-refractivity contribution in [2.24, 2.45) is 7.05 Å². The molecule has 0 spiro atoms. The van der Waals surface area contributed by atoms with Crippen molar-refractivity contribution in [3.8, 4) is 22.9 Å². The summed E-state index contributed by atoms with van der Waals surface area (Å²) in [4.78, 5) is 43.4. The Labute approximate surface area is 247 Å². The van der Waals surface area contributed by atoms with Gasteiger partial charge in [-0.1, -0.05) is 24.3 Å². The normalized spacial score (nSPS) is 14.8. The molecule has 0 saturated carbocycles. The van der Waals surface area contributed by atoms with Crippen LogP contribution < -0.4 is 15.4 Å². The number of piperidine rings is 1. The predicted molar refractivity (Wildman–Crippen MR) is 161 cm³/mol. The highest BCUT2D eigenvalue weighted by atomic mass is 16.5. The number of hydrogen-bond donors (Lipinski definition) is 3. The van der Waals surface area contributed by atoms with Gasteiger partial charge < -0.3 is 29.9 Å². The van der Waals surface area contributed by atoms with Gasteiger partial charge in [0.2, 0.25) is 11.8 Å². The molecule has 0 radical (unpaired) electrons. The van der Waals surface area contributed by atoms with Crippen LogP contribution in [0.4, 0.5) is 16.4 Å². The third-order valence-corrected chi connectivity index (χ3v) is 7.32. The van der Waals surface area contributed by atoms with Crippen LogP contribution in [-0.2, 0) is 7.05 Å². The first kappa shape index (κ1) is 27.6. The van der Waals surface area contributed by atoms with Gasteiger partial charge in [-0.3, -0.25) is 4.79 Å². The lowest BCUT2D eigenvalue weighted by Crippen LogP contribution is -2.44. The van der Waals surface area contributed by atoms with Crippen LogP contribution in [0.3, 0.4) is 0 Å². The number of aryl methyl sites for hydroxylation is 2. The molecule has 43 heavy (non-hydrogen) atoms. The first-order valence-corrected chi connectivity index (χ1v) is 13.9. The van der Waals surface area contributed by atoms with Crippen molar-refractivity contribution >= 4 is 34.4 Å². The van der Waals surface area contributed by atoms with Crippen molar-refractivity contribution in [3.05, 3.63) is 84.7 Å². The van der Waals surface area contributed by atoms with Crippen molar-refractivity contribution in [2.75, 3.05) is 23.7 Å². The minimum absolute atomic E-state index is 0.0876. The molecule has 1 atom stereocenters. The van der Waals surface area contributed by atoms with E-state index in [4.69, 9.17) is 9.72 Å². The molecular formula is C31H30N8O4. The van der Waals surface area contributed by atoms with Crippen molar-refractivity contribution in [3.63, 3.8) is 0 Å². The molecule has 12 heteroatoms. The van der Waals surface area contributed by atoms with Crippen LogP contribution in [0.15, 0.2) is 73.4 Å². The summed E-state index contributed by atoms with van der Waals surface area (Å²) >= 11 is 0. The second-order valence-corrected chi connectivity index (χ2v) is 10.4. The number of hydrogen-bond acceptors (Lipinski definition) is 8. The fourth-order valence-electron chi connectivity index (χ4n) is 5.19. The van der Waals surface area contributed by atoms with E-state index in [0.717, 1.165) is 29.2 Å². The fraction of sp³-hybridized carbons (Fsp3) is 0.226. The van der Waals surface area contributed by atoms with Crippen LogP contribution in [0.25, 0.3) is 22.0 Å². The summed E-state index contributed by atoms with van der Waals surface area (Å²) in [5.41, 5.74) is 3.12. The number of aromatic nitrogens is 5. The molecule has 1 saturated heterocycles. The summed E-state index contributed by atoms with van der Waals surface area (Å²) in [5, 5.41) is 17.2. The Bertz CT molecular complexity index is 1820. The number of ether oxygens (including phenoxy) is 1. The number of likely N-dealkylation sites (tertiary alicyclic amines) is 1. The standard InChI is InChI=1S/C31H30N8O4/c1-19-10-11-21-22(7-3-9-24(21)36-28(40)26-17-38(2)18-34-26)27(19)43-29-23(8-4-13-32-29)25-12-14-33-30(37-25)35-20-6-5-15-39(16-20)31(41)42/h3-4,7-14,17-18,20H,5-6,15-16H2,1-2H3,(H,36,40)(H,41,42)(H,33,35,37)/t20-/m0/s1. The Hall–Kier alpha value is -5.52. The zero-order chi connectivity index (χ0) is 29.9. The zero-order valence-corrected chi connectivity index (χ0v) is 23.7. The lowest BCUT2D eigenvalue weighted by molar-refractivity contribution is 0.102. The maximum Gasteiger partial charge on any atom is 0.407 e. The van der Waals surface area contributed by atoms with E-state index in [1.165, 1.54) is 4.90 Å². The average Bonchev–Trinajstić information content (AvgIpc) is 3.45. The third-order valence-electron chi connectivity index (χ3n) is 7.32. The van der Waals surface area contributed by atoms with Gasteiger partial charge in [0, 0.05) is 61.2 Å². The Morgan fingerprint density at radius 2 is 1.91 bits per heavy atom. The third kappa shape index (κ3) is 5.94. The molecule has 3 N–H and O–H groups in total. The molecule has 2 aromatic carbocycles. The molecule has 1 aliphatic heterocycles. The summed E-state index contributed by atoms with van der Waals surface area (Å²) in [6.45, 7) is 2.85. The van der Waals surface area contributed by atoms with E-state index in [1.807, 2.05) is 56.4 Å². The summed E-state index contributed by atoms with van der Waals surface area (Å²) in [6, 6.07) is 14.9. The van der Waals surface area contributed by atoms with Gasteiger partial charge in [0.15, 0.2) is 0 Å². The molecule has 4 heterocycles. The second-order valence-electron chi connectivity index (χ2n) is 10.4. The van der Waals surface area contributed by atoms with Crippen LogP contribution in [-0.4, -0.2) is 65.6 Å². The largest absolute Gasteiger partial charge is 0.465 e. The highest BCUT2D eigenvalue weighted by Gasteiger charge is 2.24. The van der Waals surface area contributed by atoms with E-state index in [-0.39, 0.29) is 11.9 Å². The van der Waals surface area contributed by atoms with E-state index in [0.29, 0.717) is 53.3 Å². The SMILES string of the molecule is Cc1ccc2c(NC(=O)c3cn(C)cn3)cccc2c1Oc1ncccc1-c1ccnc(N[C@H]2CCCN(C(=O)O)C2)n1. The molecule has 0 unspecified atom stereocenters. The monoisotopic (exact) mass is 578 g/mol. The van der Waals surface area contributed by atoms with Crippen molar-refractivity contribution in [1.82, 2.24) is 29.4 Å². The maximum atomic E-state index is 12.8. The smallest absolute Gasteiger partial charge is 0.407 e. The number of carbonyl (C=O) groups is 2. The number of nitrogens with one attached hydrogen (secondary N) is 2. The molecule has 1 aliphatic rings. The van der Waals surface area contributed by atoms with Crippen LogP contribution >= 0.6 is 0 Å². The second kappa shape index (κ2) is 11.8. The highest BCUT2D eigenvalue weighted by molar-refractivity contribution is 6.09. The molecule has 1 fully saturated rings. The molecule has 3 aromatic heterocycles. The van der Waals surface area contributed by atoms with E-state index in [1.54, 1.807) is 35.6 Å². The average molecular weight is 579 g/mol. The summed E-state index contributed by atoms with van der Waals surface area (Å²) in [6.07, 6.45) is 7.21. The Kier molecular flexibility index (Phi) is 7.56. The Balaban J connectivity index is 1.28. The van der Waals surface area contributed by atoms with Crippen LogP contribution in [0.2, 0.25) is 0 Å². The molecule has 2 amide bonds. The lowest BCUT2D eigenvalue weighted by atomic mass is 10.0. The quantitative estimate of drug-likeness (QED) is 0.233. The zero-order valence-electron chi connectivity index (χ0n) is 23.7. The van der Waals surface area contributed by atoms with Crippen LogP contribution in [0, 0.1) is 6.92 Å². The fourth-order valence-corrected chi connectivity index (χ4v) is 5.19. The molecule has 0 bridgehead atoms. The molecule has 5 aromatic rings. The number of imidazole rings is 1. The number of pyridine rings is 1.